The third-order valence-electron chi connectivity index (χ3n) is 6.36. The highest BCUT2D eigenvalue weighted by molar-refractivity contribution is 5.94. The van der Waals surface area contributed by atoms with Crippen LogP contribution in [0.25, 0.3) is 0 Å². The number of nitrogens with zero attached hydrogens (tertiary/aromatic N) is 5. The SMILES string of the molecule is Cc1ccccc1[C@@H]1[C@H]2CN(c3cc(N)ncn3)C[C@H]2CN1C(=O)c1ccncc1. The van der Waals surface area contributed by atoms with E-state index >= 15 is 0 Å². The van der Waals surface area contributed by atoms with E-state index in [2.05, 4.69) is 49.9 Å². The van der Waals surface area contributed by atoms with Crippen LogP contribution in [0.4, 0.5) is 11.6 Å². The summed E-state index contributed by atoms with van der Waals surface area (Å²) in [4.78, 5) is 30.2. The van der Waals surface area contributed by atoms with Crippen LogP contribution in [0.2, 0.25) is 0 Å². The summed E-state index contributed by atoms with van der Waals surface area (Å²) < 4.78 is 0. The molecule has 0 radical (unpaired) electrons. The smallest absolute Gasteiger partial charge is 0.254 e. The van der Waals surface area contributed by atoms with E-state index in [0.29, 0.717) is 23.2 Å². The zero-order valence-electron chi connectivity index (χ0n) is 16.8. The summed E-state index contributed by atoms with van der Waals surface area (Å²) in [6, 6.07) is 13.8. The summed E-state index contributed by atoms with van der Waals surface area (Å²) in [5.74, 6) is 2.09. The number of carbonyl (C=O) groups excluding carboxylic acids is 1. The number of aromatic nitrogens is 3. The first-order valence-corrected chi connectivity index (χ1v) is 10.2. The molecule has 2 saturated heterocycles. The Kier molecular flexibility index (Phi) is 4.58. The van der Waals surface area contributed by atoms with E-state index in [0.717, 1.165) is 25.5 Å². The first kappa shape index (κ1) is 18.5. The van der Waals surface area contributed by atoms with Crippen molar-refractivity contribution in [1.82, 2.24) is 19.9 Å². The van der Waals surface area contributed by atoms with E-state index in [1.54, 1.807) is 24.5 Å². The molecule has 1 aromatic carbocycles. The van der Waals surface area contributed by atoms with Gasteiger partial charge < -0.3 is 15.5 Å². The number of benzene rings is 1. The molecule has 0 spiro atoms. The van der Waals surface area contributed by atoms with Gasteiger partial charge in [-0.05, 0) is 30.2 Å². The Labute approximate surface area is 175 Å². The lowest BCUT2D eigenvalue weighted by atomic mass is 9.87. The molecular weight excluding hydrogens is 376 g/mol. The summed E-state index contributed by atoms with van der Waals surface area (Å²) in [5, 5.41) is 0. The molecule has 7 nitrogen and oxygen atoms in total. The second-order valence-electron chi connectivity index (χ2n) is 8.12. The zero-order valence-corrected chi connectivity index (χ0v) is 16.8. The van der Waals surface area contributed by atoms with Crippen molar-refractivity contribution >= 4 is 17.5 Å². The van der Waals surface area contributed by atoms with Gasteiger partial charge in [0.1, 0.15) is 18.0 Å². The average molecular weight is 400 g/mol. The van der Waals surface area contributed by atoms with Gasteiger partial charge in [0.15, 0.2) is 0 Å². The van der Waals surface area contributed by atoms with E-state index in [4.69, 9.17) is 5.73 Å². The van der Waals surface area contributed by atoms with Gasteiger partial charge in [-0.3, -0.25) is 9.78 Å². The number of hydrogen-bond donors (Lipinski definition) is 1. The van der Waals surface area contributed by atoms with Crippen molar-refractivity contribution in [2.45, 2.75) is 13.0 Å². The fourth-order valence-electron chi connectivity index (χ4n) is 4.95. The predicted octanol–water partition coefficient (Wildman–Crippen LogP) is 2.71. The number of anilines is 2. The lowest BCUT2D eigenvalue weighted by Gasteiger charge is -2.31. The maximum Gasteiger partial charge on any atom is 0.254 e. The van der Waals surface area contributed by atoms with Crippen molar-refractivity contribution in [1.29, 1.82) is 0 Å². The highest BCUT2D eigenvalue weighted by atomic mass is 16.2. The molecule has 2 fully saturated rings. The first-order valence-electron chi connectivity index (χ1n) is 10.2. The van der Waals surface area contributed by atoms with Gasteiger partial charge in [-0.25, -0.2) is 9.97 Å². The van der Waals surface area contributed by atoms with Crippen molar-refractivity contribution in [2.75, 3.05) is 30.3 Å². The lowest BCUT2D eigenvalue weighted by molar-refractivity contribution is 0.0715. The Bertz CT molecular complexity index is 1070. The quantitative estimate of drug-likeness (QED) is 0.727. The molecule has 2 N–H and O–H groups in total. The monoisotopic (exact) mass is 400 g/mol. The molecular formula is C23H24N6O. The Balaban J connectivity index is 1.49. The van der Waals surface area contributed by atoms with Gasteiger partial charge in [0.25, 0.3) is 5.91 Å². The number of likely N-dealkylation sites (tertiary alicyclic amines) is 1. The van der Waals surface area contributed by atoms with Gasteiger partial charge in [-0.1, -0.05) is 24.3 Å². The van der Waals surface area contributed by atoms with Crippen molar-refractivity contribution in [3.05, 3.63) is 77.9 Å². The number of nitrogens with two attached hydrogens (primary N) is 1. The third kappa shape index (κ3) is 3.16. The van der Waals surface area contributed by atoms with Crippen LogP contribution in [0, 0.1) is 18.8 Å². The molecule has 2 aromatic heterocycles. The van der Waals surface area contributed by atoms with Crippen LogP contribution < -0.4 is 10.6 Å². The molecule has 152 valence electrons. The van der Waals surface area contributed by atoms with Gasteiger partial charge >= 0.3 is 0 Å². The van der Waals surface area contributed by atoms with Crippen LogP contribution >= 0.6 is 0 Å². The molecule has 3 atom stereocenters. The maximum absolute atomic E-state index is 13.4. The van der Waals surface area contributed by atoms with Crippen LogP contribution in [0.5, 0.6) is 0 Å². The lowest BCUT2D eigenvalue weighted by Crippen LogP contribution is -2.36. The number of hydrogen-bond acceptors (Lipinski definition) is 6. The minimum atomic E-state index is 0.0287. The molecule has 0 bridgehead atoms. The minimum Gasteiger partial charge on any atom is -0.384 e. The number of amides is 1. The fourth-order valence-corrected chi connectivity index (χ4v) is 4.95. The van der Waals surface area contributed by atoms with Crippen LogP contribution in [-0.4, -0.2) is 45.4 Å². The van der Waals surface area contributed by atoms with Gasteiger partial charge in [0, 0.05) is 55.5 Å². The minimum absolute atomic E-state index is 0.0287. The molecule has 0 unspecified atom stereocenters. The van der Waals surface area contributed by atoms with E-state index < -0.39 is 0 Å². The van der Waals surface area contributed by atoms with Crippen LogP contribution in [0.3, 0.4) is 0 Å². The van der Waals surface area contributed by atoms with E-state index in [1.807, 2.05) is 12.1 Å². The molecule has 3 aromatic rings. The van der Waals surface area contributed by atoms with Crippen molar-refractivity contribution in [2.24, 2.45) is 11.8 Å². The zero-order chi connectivity index (χ0) is 20.7. The molecule has 0 saturated carbocycles. The third-order valence-corrected chi connectivity index (χ3v) is 6.36. The first-order chi connectivity index (χ1) is 14.6. The molecule has 7 heteroatoms. The highest BCUT2D eigenvalue weighted by Crippen LogP contribution is 2.47. The second kappa shape index (κ2) is 7.40. The number of aryl methyl sites for hydroxylation is 1. The molecule has 5 rings (SSSR count). The number of carbonyl (C=O) groups is 1. The number of fused-ring (bicyclic) bond motifs is 1. The number of nitrogen functional groups attached to an aromatic ring is 1. The molecule has 0 aliphatic carbocycles. The molecule has 1 amide bonds. The molecule has 30 heavy (non-hydrogen) atoms. The summed E-state index contributed by atoms with van der Waals surface area (Å²) in [6.07, 6.45) is 4.86. The van der Waals surface area contributed by atoms with Crippen LogP contribution in [0.1, 0.15) is 27.5 Å². The Morgan fingerprint density at radius 2 is 1.87 bits per heavy atom. The Morgan fingerprint density at radius 3 is 2.63 bits per heavy atom. The number of rotatable bonds is 3. The van der Waals surface area contributed by atoms with E-state index in [9.17, 15) is 4.79 Å². The van der Waals surface area contributed by atoms with Crippen LogP contribution in [0.15, 0.2) is 61.2 Å². The topological polar surface area (TPSA) is 88.2 Å². The molecule has 2 aliphatic rings. The average Bonchev–Trinajstić information content (AvgIpc) is 3.33. The normalized spacial score (nSPS) is 22.9. The van der Waals surface area contributed by atoms with Crippen molar-refractivity contribution < 1.29 is 4.79 Å². The van der Waals surface area contributed by atoms with Crippen molar-refractivity contribution in [3.8, 4) is 0 Å². The van der Waals surface area contributed by atoms with E-state index in [1.165, 1.54) is 17.5 Å². The summed E-state index contributed by atoms with van der Waals surface area (Å²) >= 11 is 0. The fraction of sp³-hybridized carbons (Fsp3) is 0.304. The Morgan fingerprint density at radius 1 is 1.07 bits per heavy atom. The molecule has 4 heterocycles. The summed E-state index contributed by atoms with van der Waals surface area (Å²) in [5.41, 5.74) is 8.98. The Hall–Kier alpha value is -3.48. The maximum atomic E-state index is 13.4. The highest BCUT2D eigenvalue weighted by Gasteiger charge is 2.49. The van der Waals surface area contributed by atoms with Gasteiger partial charge in [0.05, 0.1) is 6.04 Å². The van der Waals surface area contributed by atoms with Gasteiger partial charge in [0.2, 0.25) is 0 Å². The number of pyridine rings is 1. The van der Waals surface area contributed by atoms with Gasteiger partial charge in [-0.15, -0.1) is 0 Å². The van der Waals surface area contributed by atoms with Crippen molar-refractivity contribution in [3.63, 3.8) is 0 Å². The largest absolute Gasteiger partial charge is 0.384 e. The summed E-state index contributed by atoms with van der Waals surface area (Å²) in [6.45, 7) is 4.53. The second-order valence-corrected chi connectivity index (χ2v) is 8.12. The standard InChI is InChI=1S/C23H24N6O/c1-15-4-2-3-5-18(15)22-19-13-28(21-10-20(24)26-14-27-21)11-17(19)12-29(22)23(30)16-6-8-25-9-7-16/h2-10,14,17,19,22H,11-13H2,1H3,(H2,24,26,27)/t17-,19-,22+/m0/s1. The van der Waals surface area contributed by atoms with Crippen LogP contribution in [-0.2, 0) is 0 Å². The summed E-state index contributed by atoms with van der Waals surface area (Å²) in [7, 11) is 0. The van der Waals surface area contributed by atoms with Gasteiger partial charge in [-0.2, -0.15) is 0 Å². The molecule has 2 aliphatic heterocycles. The van der Waals surface area contributed by atoms with E-state index in [-0.39, 0.29) is 11.9 Å². The predicted molar refractivity (Wildman–Crippen MR) is 115 cm³/mol.